The van der Waals surface area contributed by atoms with E-state index in [2.05, 4.69) is 0 Å². The molecule has 90 heavy (non-hydrogen) atoms. The first kappa shape index (κ1) is 34.4. The Hall–Kier alpha value is 0. The fraction of sp³-hybridized carbons (Fsp3) is 1.00. The van der Waals surface area contributed by atoms with Gasteiger partial charge in [0.05, 0.1) is 0 Å². The molecule has 0 heteroatoms. The van der Waals surface area contributed by atoms with Crippen molar-refractivity contribution in [3.63, 3.8) is 0 Å². The molecule has 0 aromatic heterocycles. The minimum atomic E-state index is 0.988. The van der Waals surface area contributed by atoms with E-state index in [1.54, 1.807) is 103 Å². The molecule has 0 bridgehead atoms. The Bertz CT molecular complexity index is 5010. The summed E-state index contributed by atoms with van der Waals surface area (Å²) < 4.78 is 0. The molecule has 0 nitrogen and oxygen atoms in total. The summed E-state index contributed by atoms with van der Waals surface area (Å²) in [6.45, 7) is 0. The van der Waals surface area contributed by atoms with Gasteiger partial charge < -0.3 is 0 Å². The quantitative estimate of drug-likeness (QED) is 0.227. The van der Waals surface area contributed by atoms with Crippen LogP contribution in [0, 0.1) is 292 Å². The topological polar surface area (TPSA) is 0 Å². The van der Waals surface area contributed by atoms with Crippen molar-refractivity contribution >= 4 is 0 Å². The van der Waals surface area contributed by atoms with Crippen LogP contribution in [0.15, 0.2) is 0 Å². The van der Waals surface area contributed by atoms with Crippen LogP contribution in [0.2, 0.25) is 0 Å². The number of hydrogen-bond donors (Lipinski definition) is 0. The van der Waals surface area contributed by atoms with Crippen molar-refractivity contribution in [3.8, 4) is 0 Å². The van der Waals surface area contributed by atoms with E-state index in [1.165, 1.54) is 0 Å². The lowest BCUT2D eigenvalue weighted by Gasteiger charge is -3.61. The zero-order valence-corrected chi connectivity index (χ0v) is 52.5. The lowest BCUT2D eigenvalue weighted by Crippen LogP contribution is -3.59. The Labute approximate surface area is 520 Å². The Morgan fingerprint density at radius 2 is 0.133 bits per heavy atom. The highest BCUT2D eigenvalue weighted by molar-refractivity contribution is 6.62. The minimum Gasteiger partial charge on any atom is -0.0459 e. The molecule has 432 valence electrons. The fourth-order valence-corrected chi connectivity index (χ4v) is 91.3. The summed E-state index contributed by atoms with van der Waals surface area (Å²) >= 11 is 0. The van der Waals surface area contributed by atoms with Crippen LogP contribution >= 0.6 is 0 Å². The maximum Gasteiger partial charge on any atom is -0.000347 e. The van der Waals surface area contributed by atoms with Gasteiger partial charge in [-0.25, -0.2) is 0 Å². The third-order valence-corrected chi connectivity index (χ3v) is 73.9. The van der Waals surface area contributed by atoms with E-state index in [9.17, 15) is 0 Å². The van der Waals surface area contributed by atoms with Gasteiger partial charge in [-0.3, -0.25) is 0 Å². The molecule has 56 rings (SSSR count). The molecule has 0 heterocycles. The predicted octanol–water partition coefficient (Wildman–Crippen LogP) is 15.0. The maximum atomic E-state index is 1.93. The predicted molar refractivity (Wildman–Crippen MR) is 307 cm³/mol. The van der Waals surface area contributed by atoms with Gasteiger partial charge in [-0.1, -0.05) is 0 Å². The summed E-state index contributed by atoms with van der Waals surface area (Å²) in [5.74, 6) is 0. The number of rotatable bonds is 0. The van der Waals surface area contributed by atoms with E-state index in [4.69, 9.17) is 0 Å². The summed E-state index contributed by atoms with van der Waals surface area (Å²) in [4.78, 5) is 0. The largest absolute Gasteiger partial charge is 0.0459 e. The Morgan fingerprint density at radius 3 is 0.233 bits per heavy atom. The van der Waals surface area contributed by atoms with Gasteiger partial charge in [0.2, 0.25) is 0 Å². The summed E-state index contributed by atoms with van der Waals surface area (Å²) in [7, 11) is 0. The van der Waals surface area contributed by atoms with E-state index in [0.717, 1.165) is 292 Å². The average molecular weight is 1150 g/mol. The van der Waals surface area contributed by atoms with Crippen LogP contribution in [0.1, 0.15) is 231 Å². The van der Waals surface area contributed by atoms with Crippen LogP contribution in [0.25, 0.3) is 0 Å². The van der Waals surface area contributed by atoms with Gasteiger partial charge in [0.1, 0.15) is 0 Å². The molecule has 56 aliphatic rings. The molecule has 0 N–H and O–H groups in total. The summed E-state index contributed by atoms with van der Waals surface area (Å²) in [5, 5.41) is 0. The summed E-state index contributed by atoms with van der Waals surface area (Å²) in [6.07, 6.45) is 66.3. The molecule has 0 amide bonds. The van der Waals surface area contributed by atoms with Crippen molar-refractivity contribution in [2.45, 2.75) is 231 Å². The maximum absolute atomic E-state index is 1.93. The van der Waals surface area contributed by atoms with Crippen LogP contribution in [-0.2, 0) is 0 Å². The molecule has 14 unspecified atom stereocenters. The van der Waals surface area contributed by atoms with Gasteiger partial charge in [0, 0.05) is 0 Å². The highest BCUT2D eigenvalue weighted by Crippen LogP contribution is 3.72. The van der Waals surface area contributed by atoms with Crippen molar-refractivity contribution in [1.29, 1.82) is 0 Å². The molecular weight excluding hydrogens is 1080 g/mol. The molecule has 0 radical (unpaired) electrons. The molecule has 0 aromatic carbocycles. The monoisotopic (exact) mass is 1150 g/mol. The molecule has 56 fully saturated rings. The minimum absolute atomic E-state index is 0.988. The zero-order chi connectivity index (χ0) is 52.5. The van der Waals surface area contributed by atoms with E-state index >= 15 is 0 Å². The fourth-order valence-electron chi connectivity index (χ4n) is 91.3. The second-order valence-electron chi connectivity index (χ2n) is 57.3. The van der Waals surface area contributed by atoms with Crippen LogP contribution in [-0.4, -0.2) is 0 Å². The highest BCUT2D eigenvalue weighted by atomic mass is 15.7. The van der Waals surface area contributed by atoms with Crippen LogP contribution in [0.3, 0.4) is 0 Å². The molecule has 0 saturated heterocycles. The molecule has 0 aromatic rings. The lowest BCUT2D eigenvalue weighted by atomic mass is 8.41. The second-order valence-corrected chi connectivity index (χ2v) is 57.3. The van der Waals surface area contributed by atoms with Gasteiger partial charge in [-0.15, -0.1) is 0 Å². The van der Waals surface area contributed by atoms with Gasteiger partial charge >= 0.3 is 0 Å². The van der Waals surface area contributed by atoms with Crippen LogP contribution in [0.5, 0.6) is 0 Å². The summed E-state index contributed by atoms with van der Waals surface area (Å²) in [5.41, 5.74) is 55.2. The van der Waals surface area contributed by atoms with E-state index in [1.807, 2.05) is 128 Å². The molecule has 54 spiro atoms. The third-order valence-electron chi connectivity index (χ3n) is 73.9. The van der Waals surface area contributed by atoms with Crippen LogP contribution in [0.4, 0.5) is 0 Å². The summed E-state index contributed by atoms with van der Waals surface area (Å²) in [6, 6.07) is 0. The van der Waals surface area contributed by atoms with Crippen molar-refractivity contribution in [2.75, 3.05) is 0 Å². The van der Waals surface area contributed by atoms with Crippen LogP contribution < -0.4 is 0 Å². The lowest BCUT2D eigenvalue weighted by molar-refractivity contribution is -1.16. The van der Waals surface area contributed by atoms with E-state index in [-0.39, 0.29) is 0 Å². The normalized spacial score (nSPS) is 125. The molecule has 54 atom stereocenters. The Morgan fingerprint density at radius 1 is 0.0667 bits per heavy atom. The smallest absolute Gasteiger partial charge is 0.000347 e. The third kappa shape index (κ3) is 0.830. The van der Waals surface area contributed by atoms with Crippen molar-refractivity contribution < 1.29 is 0 Å². The van der Waals surface area contributed by atoms with Crippen molar-refractivity contribution in [3.05, 3.63) is 65.0 Å². The first-order valence-electron chi connectivity index (χ1n) is 43.8. The van der Waals surface area contributed by atoms with Gasteiger partial charge in [0.25, 0.3) is 0 Å². The van der Waals surface area contributed by atoms with Crippen molar-refractivity contribution in [2.24, 2.45) is 227 Å². The molecular formula is C90H72. The zero-order valence-electron chi connectivity index (χ0n) is 52.5. The highest BCUT2D eigenvalue weighted by Gasteiger charge is 3.66. The standard InChI is InChI=1S/2C45H36/c2*1-5-23-11-27-15-31-17-29-13-25-7-3-21(25)10-22-4-8-26(22)14-30-18-32-16-28-12-24-6-2-20(24)9-19(1,23)33(20)35(23,27)43(36(24,28)33)39(27,31)45(40(28,32)43)41(29,31)44(42(30,32)45)37(25,29)34(21,22)38(26,30)44/h2*1-18H2/t2*19-,20-,21-,22-,23-,24-,25-,26+,27-,28+,29-,30+,31?,32?,33?,34?,35+,36+,37-,38+,39+,40-,41-,42+,43?,44?,45?/m11/s1. The Kier molecular flexibility index (Phi) is 2.03. The van der Waals surface area contributed by atoms with E-state index in [0.29, 0.717) is 0 Å². The van der Waals surface area contributed by atoms with Gasteiger partial charge in [-0.2, -0.15) is 0 Å². The van der Waals surface area contributed by atoms with Gasteiger partial charge in [0.15, 0.2) is 0 Å². The Balaban J connectivity index is 0.0000000823. The first-order chi connectivity index (χ1) is 43.8. The SMILES string of the molecule is C1C[C@@]23C[C@@]45CC67C[C@@]89C[C@]%10%11CC[C@@]%10%12C[C@]%10%13CC[C@]%10%14C[C@@]%10%15CC%16%17C[C@]%18%19C[C@]%20%21CC[C@@]%20%22C[C@]12C%221[C@]34C2([C@@]65C3([C@]%16%10C4([C@@]738)[C@@]%14%15C%13%12[C@@]4%119)[C@]%172%18)[C@@]1%21%19.C1C[C@@]23C[C@@]45CC67C[C@@]89C[C@]%10%11CC[C@@]%10%12C[C@]%10%13CC[C@]%10%14C[C@@]%10%15CC%16%17C[C@]%18%19C[C@]%20%21CC[C@@]%20%22C[C@]12C%221[C@]34C2([C@@]65C3([C@]%16%10C4([C@@]738)[C@@]%14%15C%13%12[C@@]4%119)[C@]%172%18)[C@@]1%21%19. The molecule has 56 saturated carbocycles. The van der Waals surface area contributed by atoms with Gasteiger partial charge in [-0.05, 0) is 524 Å². The average Bonchev–Trinajstić information content (AvgIpc) is 0.439. The second kappa shape index (κ2) is 5.32. The molecule has 56 aliphatic carbocycles. The number of hydrogen-bond acceptors (Lipinski definition) is 0. The van der Waals surface area contributed by atoms with E-state index < -0.39 is 0 Å². The molecule has 0 aliphatic heterocycles. The first-order valence-corrected chi connectivity index (χ1v) is 43.8. The van der Waals surface area contributed by atoms with Crippen molar-refractivity contribution in [1.82, 2.24) is 0 Å².